The quantitative estimate of drug-likeness (QED) is 0.419. The van der Waals surface area contributed by atoms with Gasteiger partial charge in [-0.1, -0.05) is 40.5 Å². The monoisotopic (exact) mass is 446 g/mol. The van der Waals surface area contributed by atoms with E-state index in [2.05, 4.69) is 41.5 Å². The summed E-state index contributed by atoms with van der Waals surface area (Å²) < 4.78 is 0. The van der Waals surface area contributed by atoms with Crippen LogP contribution in [0.15, 0.2) is 0 Å². The standard InChI is InChI=1S/C30H54O2/c1-7-8-15-27(3,31)16-13-21(2)24-11-12-25-23-10-9-22-20-28(4,32)18-19-29(22,5)26(23)14-17-30(24,25)6/h21-26,31-32H,7-20H2,1-6H3. The molecule has 4 aliphatic carbocycles. The van der Waals surface area contributed by atoms with E-state index in [0.717, 1.165) is 67.6 Å². The van der Waals surface area contributed by atoms with Crippen molar-refractivity contribution in [1.82, 2.24) is 0 Å². The molecule has 0 heterocycles. The Morgan fingerprint density at radius 2 is 1.62 bits per heavy atom. The second kappa shape index (κ2) is 8.85. The molecular weight excluding hydrogens is 392 g/mol. The zero-order valence-corrected chi connectivity index (χ0v) is 22.3. The second-order valence-electron chi connectivity index (χ2n) is 14.2. The number of hydrogen-bond acceptors (Lipinski definition) is 2. The molecule has 0 aliphatic heterocycles. The summed E-state index contributed by atoms with van der Waals surface area (Å²) in [6.45, 7) is 14.1. The van der Waals surface area contributed by atoms with E-state index in [4.69, 9.17) is 0 Å². The van der Waals surface area contributed by atoms with E-state index in [1.165, 1.54) is 57.8 Å². The highest BCUT2D eigenvalue weighted by Crippen LogP contribution is 2.68. The van der Waals surface area contributed by atoms with Gasteiger partial charge in [-0.2, -0.15) is 0 Å². The van der Waals surface area contributed by atoms with Crippen molar-refractivity contribution in [2.75, 3.05) is 0 Å². The van der Waals surface area contributed by atoms with Crippen LogP contribution in [0, 0.1) is 46.3 Å². The topological polar surface area (TPSA) is 40.5 Å². The summed E-state index contributed by atoms with van der Waals surface area (Å²) in [4.78, 5) is 0. The van der Waals surface area contributed by atoms with Crippen molar-refractivity contribution in [3.05, 3.63) is 0 Å². The third kappa shape index (κ3) is 4.46. The molecule has 10 atom stereocenters. The molecule has 2 N–H and O–H groups in total. The Hall–Kier alpha value is -0.0800. The van der Waals surface area contributed by atoms with Crippen molar-refractivity contribution >= 4 is 0 Å². The highest BCUT2D eigenvalue weighted by atomic mass is 16.3. The molecule has 4 fully saturated rings. The van der Waals surface area contributed by atoms with Crippen LogP contribution < -0.4 is 0 Å². The third-order valence-electron chi connectivity index (χ3n) is 11.9. The molecule has 10 unspecified atom stereocenters. The maximum absolute atomic E-state index is 10.8. The largest absolute Gasteiger partial charge is 0.390 e. The minimum absolute atomic E-state index is 0.424. The average Bonchev–Trinajstić information content (AvgIpc) is 3.08. The summed E-state index contributed by atoms with van der Waals surface area (Å²) in [6.07, 6.45) is 17.2. The van der Waals surface area contributed by atoms with Crippen molar-refractivity contribution in [3.8, 4) is 0 Å². The second-order valence-corrected chi connectivity index (χ2v) is 14.2. The zero-order valence-electron chi connectivity index (χ0n) is 22.3. The van der Waals surface area contributed by atoms with Gasteiger partial charge in [-0.3, -0.25) is 0 Å². The molecule has 0 aromatic rings. The molecule has 4 saturated carbocycles. The van der Waals surface area contributed by atoms with Crippen LogP contribution in [0.5, 0.6) is 0 Å². The Morgan fingerprint density at radius 1 is 0.906 bits per heavy atom. The summed E-state index contributed by atoms with van der Waals surface area (Å²) in [5.41, 5.74) is 0.0792. The van der Waals surface area contributed by atoms with Gasteiger partial charge in [-0.25, -0.2) is 0 Å². The predicted octanol–water partition coefficient (Wildman–Crippen LogP) is 7.75. The molecule has 0 radical (unpaired) electrons. The molecule has 0 saturated heterocycles. The van der Waals surface area contributed by atoms with E-state index in [0.29, 0.717) is 10.8 Å². The van der Waals surface area contributed by atoms with E-state index < -0.39 is 11.2 Å². The molecule has 0 spiro atoms. The van der Waals surface area contributed by atoms with Crippen molar-refractivity contribution in [3.63, 3.8) is 0 Å². The van der Waals surface area contributed by atoms with Crippen molar-refractivity contribution in [1.29, 1.82) is 0 Å². The van der Waals surface area contributed by atoms with Crippen LogP contribution in [0.4, 0.5) is 0 Å². The molecule has 0 bridgehead atoms. The van der Waals surface area contributed by atoms with Gasteiger partial charge < -0.3 is 10.2 Å². The van der Waals surface area contributed by atoms with Crippen LogP contribution in [-0.2, 0) is 0 Å². The van der Waals surface area contributed by atoms with Gasteiger partial charge in [0.1, 0.15) is 0 Å². The molecule has 2 heteroatoms. The molecule has 0 amide bonds. The van der Waals surface area contributed by atoms with Crippen LogP contribution in [-0.4, -0.2) is 21.4 Å². The molecule has 4 rings (SSSR count). The van der Waals surface area contributed by atoms with Crippen molar-refractivity contribution < 1.29 is 10.2 Å². The molecule has 4 aliphatic rings. The van der Waals surface area contributed by atoms with E-state index in [1.807, 2.05) is 0 Å². The van der Waals surface area contributed by atoms with Crippen molar-refractivity contribution in [2.24, 2.45) is 46.3 Å². The summed E-state index contributed by atoms with van der Waals surface area (Å²) in [6, 6.07) is 0. The molecule has 186 valence electrons. The fraction of sp³-hybridized carbons (Fsp3) is 1.00. The van der Waals surface area contributed by atoms with Gasteiger partial charge in [0.25, 0.3) is 0 Å². The van der Waals surface area contributed by atoms with Crippen LogP contribution in [0.1, 0.15) is 131 Å². The summed E-state index contributed by atoms with van der Waals surface area (Å²) in [7, 11) is 0. The highest BCUT2D eigenvalue weighted by Gasteiger charge is 2.61. The predicted molar refractivity (Wildman–Crippen MR) is 134 cm³/mol. The molecule has 2 nitrogen and oxygen atoms in total. The number of rotatable bonds is 7. The van der Waals surface area contributed by atoms with Gasteiger partial charge >= 0.3 is 0 Å². The van der Waals surface area contributed by atoms with Gasteiger partial charge in [-0.05, 0) is 137 Å². The van der Waals surface area contributed by atoms with Gasteiger partial charge in [-0.15, -0.1) is 0 Å². The molecule has 32 heavy (non-hydrogen) atoms. The van der Waals surface area contributed by atoms with E-state index in [9.17, 15) is 10.2 Å². The smallest absolute Gasteiger partial charge is 0.0622 e. The minimum Gasteiger partial charge on any atom is -0.390 e. The summed E-state index contributed by atoms with van der Waals surface area (Å²) >= 11 is 0. The molecule has 0 aromatic heterocycles. The Morgan fingerprint density at radius 3 is 2.34 bits per heavy atom. The number of aliphatic hydroxyl groups is 2. The first kappa shape index (κ1) is 25.0. The molecular formula is C30H54O2. The highest BCUT2D eigenvalue weighted by molar-refractivity contribution is 5.10. The third-order valence-corrected chi connectivity index (χ3v) is 11.9. The minimum atomic E-state index is -0.476. The van der Waals surface area contributed by atoms with E-state index in [-0.39, 0.29) is 0 Å². The SMILES string of the molecule is CCCCC(C)(O)CCC(C)C1CCC2C3CCC4CC(C)(O)CCC4(C)C3CCC12C. The van der Waals surface area contributed by atoms with Crippen molar-refractivity contribution in [2.45, 2.75) is 143 Å². The number of fused-ring (bicyclic) bond motifs is 5. The van der Waals surface area contributed by atoms with E-state index >= 15 is 0 Å². The van der Waals surface area contributed by atoms with Gasteiger partial charge in [0, 0.05) is 0 Å². The first-order valence-electron chi connectivity index (χ1n) is 14.4. The fourth-order valence-corrected chi connectivity index (χ4v) is 9.83. The summed E-state index contributed by atoms with van der Waals surface area (Å²) in [5.74, 6) is 5.02. The van der Waals surface area contributed by atoms with Crippen LogP contribution >= 0.6 is 0 Å². The summed E-state index contributed by atoms with van der Waals surface area (Å²) in [5, 5.41) is 21.6. The normalized spacial score (nSPS) is 48.9. The van der Waals surface area contributed by atoms with Crippen LogP contribution in [0.2, 0.25) is 0 Å². The molecule has 0 aromatic carbocycles. The van der Waals surface area contributed by atoms with E-state index in [1.54, 1.807) is 0 Å². The Labute approximate surface area is 199 Å². The maximum atomic E-state index is 10.8. The number of hydrogen-bond donors (Lipinski definition) is 2. The van der Waals surface area contributed by atoms with Gasteiger partial charge in [0.15, 0.2) is 0 Å². The number of unbranched alkanes of at least 4 members (excludes halogenated alkanes) is 1. The Balaban J connectivity index is 1.43. The van der Waals surface area contributed by atoms with Crippen LogP contribution in [0.3, 0.4) is 0 Å². The Kier molecular flexibility index (Phi) is 6.92. The lowest BCUT2D eigenvalue weighted by Crippen LogP contribution is -2.55. The zero-order chi connectivity index (χ0) is 23.4. The lowest BCUT2D eigenvalue weighted by Gasteiger charge is -2.62. The lowest BCUT2D eigenvalue weighted by atomic mass is 9.43. The first-order valence-corrected chi connectivity index (χ1v) is 14.4. The van der Waals surface area contributed by atoms with Crippen LogP contribution in [0.25, 0.3) is 0 Å². The average molecular weight is 447 g/mol. The maximum Gasteiger partial charge on any atom is 0.0622 e. The fourth-order valence-electron chi connectivity index (χ4n) is 9.83. The van der Waals surface area contributed by atoms with Gasteiger partial charge in [0.05, 0.1) is 11.2 Å². The first-order chi connectivity index (χ1) is 14.9. The lowest BCUT2D eigenvalue weighted by molar-refractivity contribution is -0.148. The van der Waals surface area contributed by atoms with Gasteiger partial charge in [0.2, 0.25) is 0 Å². The Bertz CT molecular complexity index is 653.